The van der Waals surface area contributed by atoms with Crippen molar-refractivity contribution in [2.24, 2.45) is 21.5 Å². The fourth-order valence-corrected chi connectivity index (χ4v) is 3.36. The molecule has 2 aromatic rings. The van der Waals surface area contributed by atoms with E-state index < -0.39 is 5.66 Å². The van der Waals surface area contributed by atoms with Gasteiger partial charge < -0.3 is 27.0 Å². The summed E-state index contributed by atoms with van der Waals surface area (Å²) in [7, 11) is 3.35. The molecule has 0 saturated carbocycles. The van der Waals surface area contributed by atoms with Crippen LogP contribution < -0.4 is 27.0 Å². The maximum atomic E-state index is 12.3. The molecule has 0 atom stereocenters. The number of carbonyl (C=O) groups excluding carboxylic acids is 2. The molecule has 0 fully saturated rings. The van der Waals surface area contributed by atoms with Gasteiger partial charge in [0, 0.05) is 37.6 Å². The van der Waals surface area contributed by atoms with Crippen molar-refractivity contribution in [3.8, 4) is 0 Å². The van der Waals surface area contributed by atoms with Crippen LogP contribution in [0.25, 0.3) is 0 Å². The van der Waals surface area contributed by atoms with Crippen LogP contribution in [0.2, 0.25) is 0 Å². The molecule has 1 aliphatic heterocycles. The van der Waals surface area contributed by atoms with Crippen molar-refractivity contribution >= 4 is 35.2 Å². The molecule has 32 heavy (non-hydrogen) atoms. The molecular formula is C22H28N8O2. The van der Waals surface area contributed by atoms with Crippen LogP contribution in [0.15, 0.2) is 58.5 Å². The summed E-state index contributed by atoms with van der Waals surface area (Å²) in [6.45, 7) is 4.10. The van der Waals surface area contributed by atoms with E-state index in [4.69, 9.17) is 11.5 Å². The molecule has 2 aromatic carbocycles. The Morgan fingerprint density at radius 1 is 1.09 bits per heavy atom. The van der Waals surface area contributed by atoms with Gasteiger partial charge in [-0.05, 0) is 49.7 Å². The van der Waals surface area contributed by atoms with Crippen LogP contribution in [0.4, 0.5) is 16.2 Å². The summed E-state index contributed by atoms with van der Waals surface area (Å²) < 4.78 is 0. The van der Waals surface area contributed by atoms with E-state index in [1.54, 1.807) is 43.3 Å². The van der Waals surface area contributed by atoms with Crippen LogP contribution in [0.3, 0.4) is 0 Å². The Bertz CT molecular complexity index is 1070. The molecule has 3 rings (SSSR count). The fourth-order valence-electron chi connectivity index (χ4n) is 3.36. The summed E-state index contributed by atoms with van der Waals surface area (Å²) >= 11 is 0. The second kappa shape index (κ2) is 8.96. The van der Waals surface area contributed by atoms with Gasteiger partial charge in [-0.25, -0.2) is 9.79 Å². The zero-order chi connectivity index (χ0) is 23.5. The molecule has 3 amide bonds. The zero-order valence-corrected chi connectivity index (χ0v) is 18.6. The summed E-state index contributed by atoms with van der Waals surface area (Å²) in [6.07, 6.45) is 0. The zero-order valence-electron chi connectivity index (χ0n) is 18.6. The highest BCUT2D eigenvalue weighted by Crippen LogP contribution is 2.27. The number of nitrogens with two attached hydrogens (primary N) is 2. The Hall–Kier alpha value is -4.08. The minimum Gasteiger partial charge on any atom is -0.369 e. The van der Waals surface area contributed by atoms with Crippen LogP contribution >= 0.6 is 0 Å². The number of aliphatic imine (C=N–C) groups is 2. The lowest BCUT2D eigenvalue weighted by molar-refractivity contribution is 0.0827. The van der Waals surface area contributed by atoms with Crippen LogP contribution in [0.1, 0.15) is 29.8 Å². The van der Waals surface area contributed by atoms with Gasteiger partial charge >= 0.3 is 6.03 Å². The summed E-state index contributed by atoms with van der Waals surface area (Å²) in [5.74, 6) is 0.278. The smallest absolute Gasteiger partial charge is 0.319 e. The maximum Gasteiger partial charge on any atom is 0.319 e. The van der Waals surface area contributed by atoms with Gasteiger partial charge in [0.25, 0.3) is 5.91 Å². The number of amides is 3. The van der Waals surface area contributed by atoms with Gasteiger partial charge in [0.1, 0.15) is 5.66 Å². The highest BCUT2D eigenvalue weighted by molar-refractivity contribution is 6.05. The molecule has 0 saturated heterocycles. The van der Waals surface area contributed by atoms with Gasteiger partial charge in [0.05, 0.1) is 0 Å². The van der Waals surface area contributed by atoms with E-state index in [1.165, 1.54) is 4.90 Å². The molecule has 1 heterocycles. The molecular weight excluding hydrogens is 408 g/mol. The molecule has 0 radical (unpaired) electrons. The average molecular weight is 437 g/mol. The standard InChI is InChI=1S/C22H28N8O2/c1-22(2)28-19(23)27-20(24)30(22)17-10-8-14(9-11-17)13-25-21(32)26-16-7-5-6-15(12-16)18(31)29(3)4/h5-12H,13H2,1-4H3,(H2,25,26,32)(H4,23,24,27,28). The minimum atomic E-state index is -0.669. The third kappa shape index (κ3) is 5.15. The Kier molecular flexibility index (Phi) is 6.33. The van der Waals surface area contributed by atoms with E-state index in [0.29, 0.717) is 17.8 Å². The van der Waals surface area contributed by atoms with Crippen LogP contribution in [0.5, 0.6) is 0 Å². The van der Waals surface area contributed by atoms with Gasteiger partial charge in [-0.2, -0.15) is 4.99 Å². The predicted octanol–water partition coefficient (Wildman–Crippen LogP) is 1.90. The average Bonchev–Trinajstić information content (AvgIpc) is 2.71. The van der Waals surface area contributed by atoms with Gasteiger partial charge in [0.2, 0.25) is 11.9 Å². The van der Waals surface area contributed by atoms with Gasteiger partial charge in [-0.1, -0.05) is 18.2 Å². The topological polar surface area (TPSA) is 141 Å². The number of urea groups is 1. The molecule has 0 aromatic heterocycles. The molecule has 0 unspecified atom stereocenters. The van der Waals surface area contributed by atoms with E-state index in [0.717, 1.165) is 11.3 Å². The number of carbonyl (C=O) groups is 2. The van der Waals surface area contributed by atoms with Crippen molar-refractivity contribution in [2.75, 3.05) is 24.3 Å². The maximum absolute atomic E-state index is 12.3. The van der Waals surface area contributed by atoms with Gasteiger partial charge in [-0.3, -0.25) is 9.69 Å². The molecule has 6 N–H and O–H groups in total. The largest absolute Gasteiger partial charge is 0.369 e. The first-order chi connectivity index (χ1) is 15.1. The monoisotopic (exact) mass is 436 g/mol. The molecule has 0 bridgehead atoms. The number of benzene rings is 2. The van der Waals surface area contributed by atoms with Gasteiger partial charge in [-0.15, -0.1) is 0 Å². The van der Waals surface area contributed by atoms with Crippen molar-refractivity contribution in [1.82, 2.24) is 10.2 Å². The normalized spacial score (nSPS) is 14.8. The Morgan fingerprint density at radius 3 is 2.41 bits per heavy atom. The van der Waals surface area contributed by atoms with Gasteiger partial charge in [0.15, 0.2) is 0 Å². The Labute approximate surface area is 187 Å². The number of guanidine groups is 2. The predicted molar refractivity (Wildman–Crippen MR) is 127 cm³/mol. The number of nitrogens with one attached hydrogen (secondary N) is 2. The Morgan fingerprint density at radius 2 is 1.78 bits per heavy atom. The summed E-state index contributed by atoms with van der Waals surface area (Å²) in [4.78, 5) is 36.0. The molecule has 0 aliphatic carbocycles. The van der Waals surface area contributed by atoms with Crippen LogP contribution in [-0.4, -0.2) is 48.5 Å². The molecule has 10 nitrogen and oxygen atoms in total. The van der Waals surface area contributed by atoms with Crippen molar-refractivity contribution < 1.29 is 9.59 Å². The SMILES string of the molecule is CN(C)C(=O)c1cccc(NC(=O)NCc2ccc(N3C(N)=NC(N)=NC3(C)C)cc2)c1. The third-order valence-corrected chi connectivity index (χ3v) is 4.81. The fraction of sp³-hybridized carbons (Fsp3) is 0.273. The van der Waals surface area contributed by atoms with Crippen molar-refractivity contribution in [2.45, 2.75) is 26.1 Å². The summed E-state index contributed by atoms with van der Waals surface area (Å²) in [6, 6.07) is 13.9. The quantitative estimate of drug-likeness (QED) is 0.566. The highest BCUT2D eigenvalue weighted by atomic mass is 16.2. The number of hydrogen-bond donors (Lipinski definition) is 4. The van der Waals surface area contributed by atoms with E-state index in [9.17, 15) is 9.59 Å². The second-order valence-electron chi connectivity index (χ2n) is 8.02. The van der Waals surface area contributed by atoms with Crippen molar-refractivity contribution in [1.29, 1.82) is 0 Å². The molecule has 0 spiro atoms. The summed E-state index contributed by atoms with van der Waals surface area (Å²) in [5.41, 5.74) is 13.8. The van der Waals surface area contributed by atoms with E-state index in [2.05, 4.69) is 20.6 Å². The lowest BCUT2D eigenvalue weighted by atomic mass is 10.1. The number of nitrogens with zero attached hydrogens (tertiary/aromatic N) is 4. The first-order valence-electron chi connectivity index (χ1n) is 10.0. The van der Waals surface area contributed by atoms with Crippen LogP contribution in [-0.2, 0) is 6.54 Å². The van der Waals surface area contributed by atoms with E-state index in [1.807, 2.05) is 38.1 Å². The lowest BCUT2D eigenvalue weighted by Gasteiger charge is -2.38. The van der Waals surface area contributed by atoms with Crippen LogP contribution in [0, 0.1) is 0 Å². The Balaban J connectivity index is 1.60. The van der Waals surface area contributed by atoms with E-state index >= 15 is 0 Å². The first-order valence-corrected chi connectivity index (χ1v) is 10.0. The molecule has 10 heteroatoms. The second-order valence-corrected chi connectivity index (χ2v) is 8.02. The molecule has 168 valence electrons. The minimum absolute atomic E-state index is 0.134. The van der Waals surface area contributed by atoms with E-state index in [-0.39, 0.29) is 23.9 Å². The van der Waals surface area contributed by atoms with Crippen molar-refractivity contribution in [3.05, 3.63) is 59.7 Å². The first kappa shape index (κ1) is 22.6. The third-order valence-electron chi connectivity index (χ3n) is 4.81. The molecule has 1 aliphatic rings. The highest BCUT2D eigenvalue weighted by Gasteiger charge is 2.32. The number of rotatable bonds is 5. The number of anilines is 2. The lowest BCUT2D eigenvalue weighted by Crippen LogP contribution is -2.54. The van der Waals surface area contributed by atoms with Crippen molar-refractivity contribution in [3.63, 3.8) is 0 Å². The summed E-state index contributed by atoms with van der Waals surface area (Å²) in [5, 5.41) is 5.55. The number of hydrogen-bond acceptors (Lipinski definition) is 7.